The van der Waals surface area contributed by atoms with Crippen molar-refractivity contribution >= 4 is 5.91 Å². The summed E-state index contributed by atoms with van der Waals surface area (Å²) in [4.78, 5) is 16.0. The van der Waals surface area contributed by atoms with E-state index in [4.69, 9.17) is 0 Å². The lowest BCUT2D eigenvalue weighted by Crippen LogP contribution is -2.32. The molecule has 1 fully saturated rings. The van der Waals surface area contributed by atoms with Gasteiger partial charge in [-0.3, -0.25) is 14.5 Å². The van der Waals surface area contributed by atoms with Crippen molar-refractivity contribution in [1.82, 2.24) is 35.1 Å². The molecule has 30 heavy (non-hydrogen) atoms. The number of hydrogen-bond donors (Lipinski definition) is 1. The van der Waals surface area contributed by atoms with Gasteiger partial charge < -0.3 is 5.32 Å². The van der Waals surface area contributed by atoms with Crippen molar-refractivity contribution in [1.29, 1.82) is 0 Å². The molecule has 1 amide bonds. The fraction of sp³-hybridized carbons (Fsp3) is 0.421. The van der Waals surface area contributed by atoms with E-state index in [0.29, 0.717) is 30.3 Å². The van der Waals surface area contributed by atoms with Crippen LogP contribution in [0.2, 0.25) is 0 Å². The van der Waals surface area contributed by atoms with Crippen LogP contribution in [-0.4, -0.2) is 35.7 Å². The Morgan fingerprint density at radius 2 is 2.03 bits per heavy atom. The number of aryl methyl sites for hydroxylation is 1. The Bertz CT molecular complexity index is 1100. The second-order valence-electron chi connectivity index (χ2n) is 7.59. The quantitative estimate of drug-likeness (QED) is 0.704. The first-order chi connectivity index (χ1) is 14.4. The zero-order valence-electron chi connectivity index (χ0n) is 15.8. The minimum Gasteiger partial charge on any atom is -0.342 e. The Hall–Kier alpha value is -3.24. The highest BCUT2D eigenvalue weighted by atomic mass is 19.4. The maximum absolute atomic E-state index is 13.0. The second kappa shape index (κ2) is 6.92. The lowest BCUT2D eigenvalue weighted by atomic mass is 10.0. The minimum absolute atomic E-state index is 0.253. The fourth-order valence-corrected chi connectivity index (χ4v) is 3.65. The zero-order chi connectivity index (χ0) is 20.9. The van der Waals surface area contributed by atoms with Crippen LogP contribution in [0.25, 0.3) is 11.3 Å². The van der Waals surface area contributed by atoms with Gasteiger partial charge in [0, 0.05) is 18.3 Å². The van der Waals surface area contributed by atoms with Crippen molar-refractivity contribution in [3.8, 4) is 11.3 Å². The average molecular weight is 417 g/mol. The summed E-state index contributed by atoms with van der Waals surface area (Å²) in [5, 5.41) is 15.4. The van der Waals surface area contributed by atoms with Crippen molar-refractivity contribution in [2.24, 2.45) is 0 Å². The molecule has 0 saturated heterocycles. The molecule has 0 unspecified atom stereocenters. The molecule has 3 aromatic heterocycles. The van der Waals surface area contributed by atoms with Crippen LogP contribution in [0.4, 0.5) is 13.2 Å². The van der Waals surface area contributed by atoms with Gasteiger partial charge in [0.25, 0.3) is 5.91 Å². The third-order valence-electron chi connectivity index (χ3n) is 5.35. The normalized spacial score (nSPS) is 18.8. The SMILES string of the molecule is O=C(N[C@@H]1CCCn2nc(-c3ccnc(C(F)(F)F)c3)cc21)c1cn(C2CC2)nn1. The molecule has 1 aliphatic carbocycles. The van der Waals surface area contributed by atoms with Gasteiger partial charge in [0.1, 0.15) is 5.69 Å². The second-order valence-corrected chi connectivity index (χ2v) is 7.59. The van der Waals surface area contributed by atoms with E-state index in [9.17, 15) is 18.0 Å². The summed E-state index contributed by atoms with van der Waals surface area (Å²) in [7, 11) is 0. The Morgan fingerprint density at radius 1 is 1.20 bits per heavy atom. The third-order valence-corrected chi connectivity index (χ3v) is 5.35. The topological polar surface area (TPSA) is 90.5 Å². The molecule has 3 aromatic rings. The molecular formula is C19H18F3N7O. The van der Waals surface area contributed by atoms with E-state index in [1.807, 2.05) is 0 Å². The van der Waals surface area contributed by atoms with E-state index >= 15 is 0 Å². The van der Waals surface area contributed by atoms with Crippen molar-refractivity contribution in [3.63, 3.8) is 0 Å². The van der Waals surface area contributed by atoms with Crippen LogP contribution in [-0.2, 0) is 12.7 Å². The van der Waals surface area contributed by atoms with Gasteiger partial charge in [0.2, 0.25) is 0 Å². The number of nitrogens with one attached hydrogen (secondary N) is 1. The highest BCUT2D eigenvalue weighted by molar-refractivity contribution is 5.92. The number of aromatic nitrogens is 6. The standard InChI is InChI=1S/C19H18F3N7O/c20-19(21,22)17-8-11(5-6-23-17)14-9-16-13(2-1-7-28(16)26-14)24-18(30)15-10-29(27-25-15)12-3-4-12/h5-6,8-10,12-13H,1-4,7H2,(H,24,30)/t13-/m1/s1. The molecule has 0 bridgehead atoms. The molecule has 1 saturated carbocycles. The van der Waals surface area contributed by atoms with Gasteiger partial charge in [-0.15, -0.1) is 5.10 Å². The molecule has 11 heteroatoms. The van der Waals surface area contributed by atoms with Crippen LogP contribution < -0.4 is 5.32 Å². The largest absolute Gasteiger partial charge is 0.433 e. The first kappa shape index (κ1) is 18.8. The highest BCUT2D eigenvalue weighted by Gasteiger charge is 2.33. The molecule has 1 atom stereocenters. The lowest BCUT2D eigenvalue weighted by Gasteiger charge is -2.24. The van der Waals surface area contributed by atoms with Gasteiger partial charge in [0.15, 0.2) is 5.69 Å². The summed E-state index contributed by atoms with van der Waals surface area (Å²) < 4.78 is 42.4. The highest BCUT2D eigenvalue weighted by Crippen LogP contribution is 2.34. The van der Waals surface area contributed by atoms with Crippen LogP contribution in [0.5, 0.6) is 0 Å². The van der Waals surface area contributed by atoms with E-state index < -0.39 is 11.9 Å². The van der Waals surface area contributed by atoms with Crippen molar-refractivity contribution in [3.05, 3.63) is 47.7 Å². The van der Waals surface area contributed by atoms with Crippen molar-refractivity contribution < 1.29 is 18.0 Å². The molecule has 5 rings (SSSR count). The van der Waals surface area contributed by atoms with Crippen LogP contribution in [0.15, 0.2) is 30.6 Å². The molecule has 4 heterocycles. The monoisotopic (exact) mass is 417 g/mol. The number of amides is 1. The van der Waals surface area contributed by atoms with Gasteiger partial charge in [-0.1, -0.05) is 5.21 Å². The van der Waals surface area contributed by atoms with E-state index in [1.54, 1.807) is 21.6 Å². The minimum atomic E-state index is -4.52. The lowest BCUT2D eigenvalue weighted by molar-refractivity contribution is -0.141. The van der Waals surface area contributed by atoms with Crippen molar-refractivity contribution in [2.45, 2.75) is 50.5 Å². The van der Waals surface area contributed by atoms with Crippen LogP contribution in [0.3, 0.4) is 0 Å². The molecule has 1 aliphatic heterocycles. The van der Waals surface area contributed by atoms with Gasteiger partial charge in [0.05, 0.1) is 29.7 Å². The number of nitrogens with zero attached hydrogens (tertiary/aromatic N) is 6. The Morgan fingerprint density at radius 3 is 2.80 bits per heavy atom. The van der Waals surface area contributed by atoms with Gasteiger partial charge in [-0.25, -0.2) is 4.68 Å². The van der Waals surface area contributed by atoms with E-state index in [-0.39, 0.29) is 17.6 Å². The molecule has 2 aliphatic rings. The number of carbonyl (C=O) groups excluding carboxylic acids is 1. The summed E-state index contributed by atoms with van der Waals surface area (Å²) in [6.07, 6.45) is 1.83. The zero-order valence-corrected chi connectivity index (χ0v) is 15.8. The Labute approximate surface area is 169 Å². The smallest absolute Gasteiger partial charge is 0.342 e. The summed E-state index contributed by atoms with van der Waals surface area (Å²) >= 11 is 0. The third kappa shape index (κ3) is 3.55. The molecule has 0 spiro atoms. The van der Waals surface area contributed by atoms with Crippen LogP contribution in [0.1, 0.15) is 59.6 Å². The summed E-state index contributed by atoms with van der Waals surface area (Å²) in [5.41, 5.74) is 0.789. The molecular weight excluding hydrogens is 399 g/mol. The summed E-state index contributed by atoms with van der Waals surface area (Å²) in [5.74, 6) is -0.327. The number of pyridine rings is 1. The number of carbonyl (C=O) groups is 1. The summed E-state index contributed by atoms with van der Waals surface area (Å²) in [6.45, 7) is 0.636. The van der Waals surface area contributed by atoms with Crippen molar-refractivity contribution in [2.75, 3.05) is 0 Å². The van der Waals surface area contributed by atoms with E-state index in [1.165, 1.54) is 6.07 Å². The molecule has 8 nitrogen and oxygen atoms in total. The van der Waals surface area contributed by atoms with Gasteiger partial charge in [-0.05, 0) is 43.9 Å². The van der Waals surface area contributed by atoms with E-state index in [0.717, 1.165) is 37.2 Å². The van der Waals surface area contributed by atoms with E-state index in [2.05, 4.69) is 25.7 Å². The first-order valence-corrected chi connectivity index (χ1v) is 9.72. The number of alkyl halides is 3. The average Bonchev–Trinajstić information content (AvgIpc) is 3.27. The van der Waals surface area contributed by atoms with Crippen LogP contribution >= 0.6 is 0 Å². The summed E-state index contributed by atoms with van der Waals surface area (Å²) in [6, 6.07) is 4.23. The maximum atomic E-state index is 13.0. The molecule has 1 N–H and O–H groups in total. The number of hydrogen-bond acceptors (Lipinski definition) is 5. The predicted octanol–water partition coefficient (Wildman–Crippen LogP) is 3.16. The Balaban J connectivity index is 1.38. The number of rotatable bonds is 4. The van der Waals surface area contributed by atoms with Gasteiger partial charge >= 0.3 is 6.18 Å². The number of halogens is 3. The number of fused-ring (bicyclic) bond motifs is 1. The molecule has 156 valence electrons. The Kier molecular flexibility index (Phi) is 4.33. The predicted molar refractivity (Wildman–Crippen MR) is 98.2 cm³/mol. The van der Waals surface area contributed by atoms with Gasteiger partial charge in [-0.2, -0.15) is 18.3 Å². The fourth-order valence-electron chi connectivity index (χ4n) is 3.65. The molecule has 0 aromatic carbocycles. The van der Waals surface area contributed by atoms with Crippen LogP contribution in [0, 0.1) is 0 Å². The maximum Gasteiger partial charge on any atom is 0.433 e. The first-order valence-electron chi connectivity index (χ1n) is 9.72. The molecule has 0 radical (unpaired) electrons.